The Balaban J connectivity index is 1.73. The van der Waals surface area contributed by atoms with Crippen molar-refractivity contribution < 1.29 is 14.3 Å². The quantitative estimate of drug-likeness (QED) is 0.179. The Morgan fingerprint density at radius 2 is 1.20 bits per heavy atom. The van der Waals surface area contributed by atoms with Crippen LogP contribution in [-0.4, -0.2) is 11.9 Å². The molecule has 1 aliphatic heterocycles. The molecule has 0 aromatic carbocycles. The molecule has 0 unspecified atom stereocenters. The van der Waals surface area contributed by atoms with Gasteiger partial charge in [-0.25, -0.2) is 0 Å². The van der Waals surface area contributed by atoms with Gasteiger partial charge in [-0.3, -0.25) is 9.59 Å². The Labute approximate surface area is 155 Å². The molecule has 0 radical (unpaired) electrons. The van der Waals surface area contributed by atoms with Crippen molar-refractivity contribution in [2.75, 3.05) is 0 Å². The second-order valence-corrected chi connectivity index (χ2v) is 8.26. The molecule has 1 rings (SSSR count). The molecule has 0 aromatic heterocycles. The standard InChI is InChI=1S/C22H40O3/c1-19(2)16-14-12-10-8-6-4-3-5-7-9-11-13-15-17-20-18-21(23)25-22(20)24/h19-20H,3-18H2,1-2H3/t20-/m1/s1. The van der Waals surface area contributed by atoms with Gasteiger partial charge in [-0.1, -0.05) is 104 Å². The molecule has 1 heterocycles. The maximum absolute atomic E-state index is 11.3. The van der Waals surface area contributed by atoms with Crippen molar-refractivity contribution in [1.29, 1.82) is 0 Å². The van der Waals surface area contributed by atoms with E-state index in [-0.39, 0.29) is 17.9 Å². The van der Waals surface area contributed by atoms with Gasteiger partial charge in [0.05, 0.1) is 12.3 Å². The van der Waals surface area contributed by atoms with Crippen molar-refractivity contribution in [2.24, 2.45) is 11.8 Å². The second-order valence-electron chi connectivity index (χ2n) is 8.26. The number of rotatable bonds is 16. The number of esters is 2. The Kier molecular flexibility index (Phi) is 12.7. The zero-order chi connectivity index (χ0) is 18.3. The van der Waals surface area contributed by atoms with Crippen LogP contribution in [0.2, 0.25) is 0 Å². The molecule has 25 heavy (non-hydrogen) atoms. The zero-order valence-corrected chi connectivity index (χ0v) is 16.7. The van der Waals surface area contributed by atoms with Gasteiger partial charge in [0, 0.05) is 0 Å². The predicted molar refractivity (Wildman–Crippen MR) is 103 cm³/mol. The third kappa shape index (κ3) is 12.2. The average molecular weight is 353 g/mol. The van der Waals surface area contributed by atoms with Crippen molar-refractivity contribution in [2.45, 2.75) is 117 Å². The van der Waals surface area contributed by atoms with Crippen LogP contribution in [0.4, 0.5) is 0 Å². The molecule has 0 spiro atoms. The lowest BCUT2D eigenvalue weighted by Crippen LogP contribution is -2.06. The van der Waals surface area contributed by atoms with E-state index in [0.29, 0.717) is 6.42 Å². The van der Waals surface area contributed by atoms with Crippen LogP contribution in [0.3, 0.4) is 0 Å². The summed E-state index contributed by atoms with van der Waals surface area (Å²) in [5.74, 6) is 0.0665. The lowest BCUT2D eigenvalue weighted by molar-refractivity contribution is -0.153. The number of ether oxygens (including phenoxy) is 1. The van der Waals surface area contributed by atoms with Crippen LogP contribution in [0, 0.1) is 11.8 Å². The normalized spacial score (nSPS) is 17.5. The molecular formula is C22H40O3. The molecule has 146 valence electrons. The van der Waals surface area contributed by atoms with Crippen LogP contribution in [0.1, 0.15) is 117 Å². The molecule has 0 amide bonds. The van der Waals surface area contributed by atoms with Gasteiger partial charge < -0.3 is 4.74 Å². The van der Waals surface area contributed by atoms with Crippen molar-refractivity contribution in [3.63, 3.8) is 0 Å². The van der Waals surface area contributed by atoms with Crippen LogP contribution in [0.25, 0.3) is 0 Å². The molecule has 0 N–H and O–H groups in total. The lowest BCUT2D eigenvalue weighted by Gasteiger charge is -2.05. The molecule has 0 bridgehead atoms. The van der Waals surface area contributed by atoms with Gasteiger partial charge in [-0.2, -0.15) is 0 Å². The molecule has 1 saturated heterocycles. The summed E-state index contributed by atoms with van der Waals surface area (Å²) in [6.45, 7) is 4.63. The molecule has 0 saturated carbocycles. The first-order valence-corrected chi connectivity index (χ1v) is 10.8. The van der Waals surface area contributed by atoms with Crippen LogP contribution >= 0.6 is 0 Å². The molecule has 3 nitrogen and oxygen atoms in total. The Hall–Kier alpha value is -0.860. The zero-order valence-electron chi connectivity index (χ0n) is 16.7. The molecular weight excluding hydrogens is 312 g/mol. The topological polar surface area (TPSA) is 43.4 Å². The fraction of sp³-hybridized carbons (Fsp3) is 0.909. The van der Waals surface area contributed by atoms with Crippen LogP contribution in [0.5, 0.6) is 0 Å². The van der Waals surface area contributed by atoms with Crippen LogP contribution < -0.4 is 0 Å². The van der Waals surface area contributed by atoms with Crippen molar-refractivity contribution in [1.82, 2.24) is 0 Å². The van der Waals surface area contributed by atoms with Crippen molar-refractivity contribution in [3.05, 3.63) is 0 Å². The maximum atomic E-state index is 11.3. The Morgan fingerprint density at radius 1 is 0.760 bits per heavy atom. The fourth-order valence-electron chi connectivity index (χ4n) is 3.63. The van der Waals surface area contributed by atoms with E-state index >= 15 is 0 Å². The summed E-state index contributed by atoms with van der Waals surface area (Å²) in [5, 5.41) is 0. The lowest BCUT2D eigenvalue weighted by atomic mass is 9.98. The third-order valence-corrected chi connectivity index (χ3v) is 5.29. The van der Waals surface area contributed by atoms with Gasteiger partial charge >= 0.3 is 11.9 Å². The highest BCUT2D eigenvalue weighted by Gasteiger charge is 2.32. The van der Waals surface area contributed by atoms with Crippen molar-refractivity contribution in [3.8, 4) is 0 Å². The number of carbonyl (C=O) groups excluding carboxylic acids is 2. The van der Waals surface area contributed by atoms with Gasteiger partial charge in [-0.15, -0.1) is 0 Å². The van der Waals surface area contributed by atoms with E-state index in [0.717, 1.165) is 18.8 Å². The molecule has 3 heteroatoms. The number of cyclic esters (lactones) is 2. The van der Waals surface area contributed by atoms with Crippen LogP contribution in [-0.2, 0) is 14.3 Å². The van der Waals surface area contributed by atoms with E-state index in [1.165, 1.54) is 83.5 Å². The van der Waals surface area contributed by atoms with Gasteiger partial charge in [0.25, 0.3) is 0 Å². The summed E-state index contributed by atoms with van der Waals surface area (Å²) in [5.41, 5.74) is 0. The maximum Gasteiger partial charge on any atom is 0.317 e. The molecule has 1 atom stereocenters. The SMILES string of the molecule is CC(C)CCCCCCCCCCCCCCC[C@@H]1CC(=O)OC1=O. The summed E-state index contributed by atoms with van der Waals surface area (Å²) in [7, 11) is 0. The molecule has 1 fully saturated rings. The first-order valence-electron chi connectivity index (χ1n) is 10.8. The number of hydrogen-bond acceptors (Lipinski definition) is 3. The summed E-state index contributed by atoms with van der Waals surface area (Å²) >= 11 is 0. The number of carbonyl (C=O) groups is 2. The van der Waals surface area contributed by atoms with Gasteiger partial charge in [0.2, 0.25) is 0 Å². The summed E-state index contributed by atoms with van der Waals surface area (Å²) < 4.78 is 4.57. The summed E-state index contributed by atoms with van der Waals surface area (Å²) in [4.78, 5) is 22.3. The number of hydrogen-bond donors (Lipinski definition) is 0. The first kappa shape index (κ1) is 22.2. The van der Waals surface area contributed by atoms with Crippen molar-refractivity contribution >= 4 is 11.9 Å². The third-order valence-electron chi connectivity index (χ3n) is 5.29. The van der Waals surface area contributed by atoms with Gasteiger partial charge in [-0.05, 0) is 12.3 Å². The van der Waals surface area contributed by atoms with E-state index in [9.17, 15) is 9.59 Å². The van der Waals surface area contributed by atoms with E-state index < -0.39 is 0 Å². The highest BCUT2D eigenvalue weighted by atomic mass is 16.6. The minimum atomic E-state index is -0.342. The fourth-order valence-corrected chi connectivity index (χ4v) is 3.63. The minimum Gasteiger partial charge on any atom is -0.393 e. The smallest absolute Gasteiger partial charge is 0.317 e. The van der Waals surface area contributed by atoms with Gasteiger partial charge in [0.15, 0.2) is 0 Å². The summed E-state index contributed by atoms with van der Waals surface area (Å²) in [6, 6.07) is 0. The average Bonchev–Trinajstić information content (AvgIpc) is 2.88. The molecule has 0 aromatic rings. The van der Waals surface area contributed by atoms with E-state index in [1.807, 2.05) is 0 Å². The van der Waals surface area contributed by atoms with E-state index in [2.05, 4.69) is 18.6 Å². The molecule has 1 aliphatic rings. The first-order chi connectivity index (χ1) is 12.1. The highest BCUT2D eigenvalue weighted by Crippen LogP contribution is 2.22. The van der Waals surface area contributed by atoms with E-state index in [1.54, 1.807) is 0 Å². The number of unbranched alkanes of at least 4 members (excludes halogenated alkanes) is 12. The second kappa shape index (κ2) is 14.3. The molecule has 0 aliphatic carbocycles. The highest BCUT2D eigenvalue weighted by molar-refractivity contribution is 5.94. The predicted octanol–water partition coefficient (Wildman–Crippen LogP) is 6.58. The largest absolute Gasteiger partial charge is 0.393 e. The Morgan fingerprint density at radius 3 is 1.60 bits per heavy atom. The van der Waals surface area contributed by atoms with Gasteiger partial charge in [0.1, 0.15) is 0 Å². The minimum absolute atomic E-state index is 0.155. The summed E-state index contributed by atoms with van der Waals surface area (Å²) in [6.07, 6.45) is 19.9. The monoisotopic (exact) mass is 352 g/mol. The van der Waals surface area contributed by atoms with E-state index in [4.69, 9.17) is 0 Å². The Bertz CT molecular complexity index is 362. The van der Waals surface area contributed by atoms with Crippen LogP contribution in [0.15, 0.2) is 0 Å².